The second-order valence-corrected chi connectivity index (χ2v) is 6.10. The van der Waals surface area contributed by atoms with Crippen molar-refractivity contribution in [2.45, 2.75) is 12.5 Å². The molecule has 0 aliphatic rings. The number of nitrogens with one attached hydrogen (secondary N) is 1. The van der Waals surface area contributed by atoms with Crippen LogP contribution in [0.1, 0.15) is 16.5 Å². The van der Waals surface area contributed by atoms with Crippen LogP contribution in [0.2, 0.25) is 0 Å². The first kappa shape index (κ1) is 15.4. The van der Waals surface area contributed by atoms with Gasteiger partial charge in [0.1, 0.15) is 11.9 Å². The Bertz CT molecular complexity index is 705. The van der Waals surface area contributed by atoms with Gasteiger partial charge in [-0.15, -0.1) is 11.3 Å². The molecule has 3 rings (SSSR count). The summed E-state index contributed by atoms with van der Waals surface area (Å²) in [5, 5.41) is 9.22. The molecular formula is C17H16FN3OS. The summed E-state index contributed by atoms with van der Waals surface area (Å²) in [5.74, 6) is -0.393. The van der Waals surface area contributed by atoms with Gasteiger partial charge in [-0.25, -0.2) is 4.39 Å². The molecular weight excluding hydrogens is 313 g/mol. The second-order valence-electron chi connectivity index (χ2n) is 5.12. The lowest BCUT2D eigenvalue weighted by Crippen LogP contribution is -2.32. The van der Waals surface area contributed by atoms with Crippen LogP contribution in [0.4, 0.5) is 4.39 Å². The Kier molecular flexibility index (Phi) is 4.83. The highest BCUT2D eigenvalue weighted by Gasteiger charge is 2.16. The molecule has 0 fully saturated rings. The number of hydrogen-bond acceptors (Lipinski definition) is 3. The van der Waals surface area contributed by atoms with Crippen LogP contribution >= 0.6 is 11.3 Å². The molecule has 4 nitrogen and oxygen atoms in total. The van der Waals surface area contributed by atoms with Gasteiger partial charge in [0.2, 0.25) is 5.91 Å². The van der Waals surface area contributed by atoms with Crippen LogP contribution in [0.15, 0.2) is 60.2 Å². The molecule has 0 saturated heterocycles. The van der Waals surface area contributed by atoms with Crippen molar-refractivity contribution in [1.82, 2.24) is 15.1 Å². The Hall–Kier alpha value is -2.47. The smallest absolute Gasteiger partial charge is 0.224 e. The van der Waals surface area contributed by atoms with Crippen LogP contribution in [-0.4, -0.2) is 22.2 Å². The van der Waals surface area contributed by atoms with Crippen molar-refractivity contribution < 1.29 is 9.18 Å². The van der Waals surface area contributed by atoms with E-state index < -0.39 is 0 Å². The summed E-state index contributed by atoms with van der Waals surface area (Å²) < 4.78 is 14.7. The molecule has 0 radical (unpaired) electrons. The van der Waals surface area contributed by atoms with E-state index in [0.717, 1.165) is 10.4 Å². The van der Waals surface area contributed by atoms with Crippen molar-refractivity contribution >= 4 is 17.2 Å². The lowest BCUT2D eigenvalue weighted by Gasteiger charge is -2.17. The standard InChI is InChI=1S/C17H16FN3OS/c18-14-6-4-13(5-7-14)11-17(22)19-12-15(16-3-1-10-23-16)21-9-2-8-20-21/h1-10,15H,11-12H2,(H,19,22). The van der Waals surface area contributed by atoms with Crippen LogP contribution in [-0.2, 0) is 11.2 Å². The second kappa shape index (κ2) is 7.19. The van der Waals surface area contributed by atoms with E-state index in [1.165, 1.54) is 12.1 Å². The fourth-order valence-electron chi connectivity index (χ4n) is 2.33. The predicted molar refractivity (Wildman–Crippen MR) is 87.8 cm³/mol. The topological polar surface area (TPSA) is 46.9 Å². The van der Waals surface area contributed by atoms with E-state index in [1.807, 2.05) is 34.5 Å². The van der Waals surface area contributed by atoms with Crippen molar-refractivity contribution in [3.63, 3.8) is 0 Å². The number of halogens is 1. The molecule has 1 atom stereocenters. The number of carbonyl (C=O) groups is 1. The first-order chi connectivity index (χ1) is 11.2. The summed E-state index contributed by atoms with van der Waals surface area (Å²) in [4.78, 5) is 13.2. The van der Waals surface area contributed by atoms with Crippen molar-refractivity contribution in [3.05, 3.63) is 76.5 Å². The van der Waals surface area contributed by atoms with E-state index in [2.05, 4.69) is 10.4 Å². The van der Waals surface area contributed by atoms with Crippen LogP contribution in [0.3, 0.4) is 0 Å². The number of nitrogens with zero attached hydrogens (tertiary/aromatic N) is 2. The minimum Gasteiger partial charge on any atom is -0.353 e. The molecule has 0 aliphatic heterocycles. The van der Waals surface area contributed by atoms with Crippen LogP contribution in [0, 0.1) is 5.82 Å². The SMILES string of the molecule is O=C(Cc1ccc(F)cc1)NCC(c1cccs1)n1cccn1. The summed E-state index contributed by atoms with van der Waals surface area (Å²) in [6.07, 6.45) is 3.84. The van der Waals surface area contributed by atoms with Crippen LogP contribution in [0.5, 0.6) is 0 Å². The van der Waals surface area contributed by atoms with Crippen LogP contribution < -0.4 is 5.32 Å². The van der Waals surface area contributed by atoms with Gasteiger partial charge < -0.3 is 5.32 Å². The largest absolute Gasteiger partial charge is 0.353 e. The molecule has 2 aromatic heterocycles. The Balaban J connectivity index is 1.62. The summed E-state index contributed by atoms with van der Waals surface area (Å²) in [7, 11) is 0. The van der Waals surface area contributed by atoms with E-state index in [9.17, 15) is 9.18 Å². The molecule has 0 spiro atoms. The Morgan fingerprint density at radius 1 is 1.26 bits per heavy atom. The average molecular weight is 329 g/mol. The van der Waals surface area contributed by atoms with E-state index in [0.29, 0.717) is 6.54 Å². The lowest BCUT2D eigenvalue weighted by molar-refractivity contribution is -0.120. The number of aromatic nitrogens is 2. The van der Waals surface area contributed by atoms with Gasteiger partial charge in [0.05, 0.1) is 6.42 Å². The molecule has 2 heterocycles. The van der Waals surface area contributed by atoms with Crippen molar-refractivity contribution in [2.75, 3.05) is 6.54 Å². The van der Waals surface area contributed by atoms with Gasteiger partial charge in [0, 0.05) is 23.8 Å². The Labute approximate surface area is 137 Å². The fraction of sp³-hybridized carbons (Fsp3) is 0.176. The highest BCUT2D eigenvalue weighted by Crippen LogP contribution is 2.21. The first-order valence-electron chi connectivity index (χ1n) is 7.26. The number of rotatable bonds is 6. The minimum atomic E-state index is -0.300. The lowest BCUT2D eigenvalue weighted by atomic mass is 10.1. The third kappa shape index (κ3) is 4.04. The van der Waals surface area contributed by atoms with Gasteiger partial charge >= 0.3 is 0 Å². The van der Waals surface area contributed by atoms with Crippen molar-refractivity contribution in [2.24, 2.45) is 0 Å². The van der Waals surface area contributed by atoms with Gasteiger partial charge in [0.25, 0.3) is 0 Å². The molecule has 0 saturated carbocycles. The van der Waals surface area contributed by atoms with Gasteiger partial charge in [-0.1, -0.05) is 18.2 Å². The van der Waals surface area contributed by atoms with Gasteiger partial charge in [0.15, 0.2) is 0 Å². The molecule has 6 heteroatoms. The van der Waals surface area contributed by atoms with Crippen molar-refractivity contribution in [3.8, 4) is 0 Å². The zero-order valence-electron chi connectivity index (χ0n) is 12.4. The minimum absolute atomic E-state index is 0.0258. The molecule has 1 aromatic carbocycles. The summed E-state index contributed by atoms with van der Waals surface area (Å²) in [6.45, 7) is 0.461. The molecule has 0 bridgehead atoms. The van der Waals surface area contributed by atoms with Gasteiger partial charge in [-0.2, -0.15) is 5.10 Å². The van der Waals surface area contributed by atoms with Crippen LogP contribution in [0.25, 0.3) is 0 Å². The predicted octanol–water partition coefficient (Wildman–Crippen LogP) is 3.03. The van der Waals surface area contributed by atoms with E-state index >= 15 is 0 Å². The molecule has 1 unspecified atom stereocenters. The number of carbonyl (C=O) groups excluding carboxylic acids is 1. The first-order valence-corrected chi connectivity index (χ1v) is 8.14. The molecule has 3 aromatic rings. The molecule has 118 valence electrons. The highest BCUT2D eigenvalue weighted by atomic mass is 32.1. The molecule has 23 heavy (non-hydrogen) atoms. The third-order valence-corrected chi connectivity index (χ3v) is 4.46. The number of thiophene rings is 1. The zero-order valence-corrected chi connectivity index (χ0v) is 13.2. The molecule has 0 aliphatic carbocycles. The summed E-state index contributed by atoms with van der Waals surface area (Å²) >= 11 is 1.63. The Morgan fingerprint density at radius 2 is 2.09 bits per heavy atom. The summed E-state index contributed by atoms with van der Waals surface area (Å²) in [6, 6.07) is 11.8. The maximum absolute atomic E-state index is 12.9. The summed E-state index contributed by atoms with van der Waals surface area (Å²) in [5.41, 5.74) is 0.788. The maximum atomic E-state index is 12.9. The van der Waals surface area contributed by atoms with Crippen molar-refractivity contribution in [1.29, 1.82) is 0 Å². The Morgan fingerprint density at radius 3 is 2.74 bits per heavy atom. The van der Waals surface area contributed by atoms with Gasteiger partial charge in [-0.05, 0) is 35.2 Å². The zero-order chi connectivity index (χ0) is 16.1. The number of amides is 1. The quantitative estimate of drug-likeness (QED) is 0.755. The maximum Gasteiger partial charge on any atom is 0.224 e. The third-order valence-electron chi connectivity index (χ3n) is 3.49. The number of hydrogen-bond donors (Lipinski definition) is 1. The van der Waals surface area contributed by atoms with E-state index in [4.69, 9.17) is 0 Å². The van der Waals surface area contributed by atoms with E-state index in [-0.39, 0.29) is 24.2 Å². The number of benzene rings is 1. The average Bonchev–Trinajstić information content (AvgIpc) is 3.24. The molecule has 1 amide bonds. The molecule has 1 N–H and O–H groups in total. The van der Waals surface area contributed by atoms with E-state index in [1.54, 1.807) is 29.7 Å². The fourth-order valence-corrected chi connectivity index (χ4v) is 3.15. The normalized spacial score (nSPS) is 12.0. The monoisotopic (exact) mass is 329 g/mol. The highest BCUT2D eigenvalue weighted by molar-refractivity contribution is 7.10. The van der Waals surface area contributed by atoms with Gasteiger partial charge in [-0.3, -0.25) is 9.48 Å².